The molecule has 7 heteroatoms. The Labute approximate surface area is 134 Å². The van der Waals surface area contributed by atoms with Crippen LogP contribution >= 0.6 is 11.6 Å². The van der Waals surface area contributed by atoms with E-state index in [0.717, 1.165) is 5.56 Å². The van der Waals surface area contributed by atoms with Crippen molar-refractivity contribution in [1.29, 1.82) is 0 Å². The van der Waals surface area contributed by atoms with E-state index < -0.39 is 10.0 Å². The monoisotopic (exact) mass is 341 g/mol. The standard InChI is InChI=1S/C15H16ClNO4S/c1-10-3-4-11(9-18)7-13(10)17-22(19,20)15-8-12(16)5-6-14(15)21-2/h3-8,17-18H,9H2,1-2H3. The van der Waals surface area contributed by atoms with Crippen molar-refractivity contribution in [2.75, 3.05) is 11.8 Å². The van der Waals surface area contributed by atoms with Gasteiger partial charge in [-0.15, -0.1) is 0 Å². The number of nitrogens with one attached hydrogen (secondary N) is 1. The number of sulfonamides is 1. The first-order valence-electron chi connectivity index (χ1n) is 6.44. The summed E-state index contributed by atoms with van der Waals surface area (Å²) in [5.74, 6) is 0.202. The first kappa shape index (κ1) is 16.6. The van der Waals surface area contributed by atoms with Gasteiger partial charge in [-0.2, -0.15) is 0 Å². The number of aliphatic hydroxyl groups excluding tert-OH is 1. The van der Waals surface area contributed by atoms with Gasteiger partial charge in [-0.3, -0.25) is 4.72 Å². The number of hydrogen-bond donors (Lipinski definition) is 2. The van der Waals surface area contributed by atoms with Crippen LogP contribution in [-0.2, 0) is 16.6 Å². The number of rotatable bonds is 5. The number of halogens is 1. The van der Waals surface area contributed by atoms with Crippen molar-refractivity contribution in [3.63, 3.8) is 0 Å². The number of anilines is 1. The van der Waals surface area contributed by atoms with E-state index in [0.29, 0.717) is 16.3 Å². The van der Waals surface area contributed by atoms with Crippen molar-refractivity contribution >= 4 is 27.3 Å². The van der Waals surface area contributed by atoms with Crippen molar-refractivity contribution in [3.8, 4) is 5.75 Å². The molecule has 0 saturated carbocycles. The minimum absolute atomic E-state index is 0.0451. The summed E-state index contributed by atoms with van der Waals surface area (Å²) in [4.78, 5) is -0.0451. The summed E-state index contributed by atoms with van der Waals surface area (Å²) in [5.41, 5.74) is 1.75. The molecule has 2 rings (SSSR count). The van der Waals surface area contributed by atoms with Crippen molar-refractivity contribution in [1.82, 2.24) is 0 Å². The van der Waals surface area contributed by atoms with Gasteiger partial charge in [0.2, 0.25) is 0 Å². The summed E-state index contributed by atoms with van der Waals surface area (Å²) in [5, 5.41) is 9.47. The van der Waals surface area contributed by atoms with Crippen LogP contribution in [0.25, 0.3) is 0 Å². The molecule has 0 aromatic heterocycles. The smallest absolute Gasteiger partial charge is 0.265 e. The lowest BCUT2D eigenvalue weighted by atomic mass is 10.1. The van der Waals surface area contributed by atoms with Crippen LogP contribution in [0.15, 0.2) is 41.3 Å². The molecule has 0 aliphatic heterocycles. The molecule has 0 heterocycles. The Balaban J connectivity index is 2.46. The summed E-state index contributed by atoms with van der Waals surface area (Å²) < 4.78 is 32.7. The maximum absolute atomic E-state index is 12.6. The highest BCUT2D eigenvalue weighted by molar-refractivity contribution is 7.92. The maximum atomic E-state index is 12.6. The molecule has 2 aromatic carbocycles. The van der Waals surface area contributed by atoms with E-state index in [1.165, 1.54) is 19.2 Å². The lowest BCUT2D eigenvalue weighted by Gasteiger charge is -2.14. The third-order valence-electron chi connectivity index (χ3n) is 3.14. The predicted octanol–water partition coefficient (Wildman–Crippen LogP) is 2.95. The van der Waals surface area contributed by atoms with Gasteiger partial charge >= 0.3 is 0 Å². The van der Waals surface area contributed by atoms with Crippen LogP contribution in [0.5, 0.6) is 5.75 Å². The second-order valence-electron chi connectivity index (χ2n) is 4.71. The highest BCUT2D eigenvalue weighted by atomic mass is 35.5. The Hall–Kier alpha value is -1.76. The molecular weight excluding hydrogens is 326 g/mol. The van der Waals surface area contributed by atoms with Crippen molar-refractivity contribution in [2.45, 2.75) is 18.4 Å². The predicted molar refractivity (Wildman–Crippen MR) is 85.9 cm³/mol. The Bertz CT molecular complexity index is 790. The number of hydrogen-bond acceptors (Lipinski definition) is 4. The molecule has 0 fully saturated rings. The number of aliphatic hydroxyl groups is 1. The molecule has 2 N–H and O–H groups in total. The SMILES string of the molecule is COc1ccc(Cl)cc1S(=O)(=O)Nc1cc(CO)ccc1C. The molecule has 0 unspecified atom stereocenters. The van der Waals surface area contributed by atoms with Crippen LogP contribution in [0.1, 0.15) is 11.1 Å². The average Bonchev–Trinajstić information content (AvgIpc) is 2.49. The molecule has 0 bridgehead atoms. The van der Waals surface area contributed by atoms with Gasteiger partial charge in [-0.25, -0.2) is 8.42 Å². The molecular formula is C15H16ClNO4S. The second-order valence-corrected chi connectivity index (χ2v) is 6.80. The molecule has 0 saturated heterocycles. The molecule has 0 aliphatic carbocycles. The normalized spacial score (nSPS) is 11.3. The lowest BCUT2D eigenvalue weighted by molar-refractivity contribution is 0.282. The third kappa shape index (κ3) is 3.52. The molecule has 5 nitrogen and oxygen atoms in total. The molecule has 22 heavy (non-hydrogen) atoms. The Morgan fingerprint density at radius 3 is 2.59 bits per heavy atom. The average molecular weight is 342 g/mol. The summed E-state index contributed by atoms with van der Waals surface area (Å²) in [6.07, 6.45) is 0. The van der Waals surface area contributed by atoms with Crippen LogP contribution in [0.4, 0.5) is 5.69 Å². The number of ether oxygens (including phenoxy) is 1. The van der Waals surface area contributed by atoms with Gasteiger partial charge in [-0.1, -0.05) is 23.7 Å². The van der Waals surface area contributed by atoms with Crippen LogP contribution in [-0.4, -0.2) is 20.6 Å². The maximum Gasteiger partial charge on any atom is 0.265 e. The lowest BCUT2D eigenvalue weighted by Crippen LogP contribution is -2.15. The third-order valence-corrected chi connectivity index (χ3v) is 4.77. The van der Waals surface area contributed by atoms with Gasteiger partial charge in [-0.05, 0) is 42.3 Å². The van der Waals surface area contributed by atoms with E-state index >= 15 is 0 Å². The largest absolute Gasteiger partial charge is 0.495 e. The van der Waals surface area contributed by atoms with E-state index in [2.05, 4.69) is 4.72 Å². The fourth-order valence-electron chi connectivity index (χ4n) is 1.94. The number of methoxy groups -OCH3 is 1. The summed E-state index contributed by atoms with van der Waals surface area (Å²) in [7, 11) is -2.48. The Kier molecular flexibility index (Phi) is 4.95. The highest BCUT2D eigenvalue weighted by Crippen LogP contribution is 2.29. The first-order chi connectivity index (χ1) is 10.4. The van der Waals surface area contributed by atoms with Crippen LogP contribution in [0.2, 0.25) is 5.02 Å². The van der Waals surface area contributed by atoms with Gasteiger partial charge in [0.15, 0.2) is 0 Å². The van der Waals surface area contributed by atoms with Gasteiger partial charge in [0.1, 0.15) is 10.6 Å². The van der Waals surface area contributed by atoms with Crippen LogP contribution in [0, 0.1) is 6.92 Å². The fraction of sp³-hybridized carbons (Fsp3) is 0.200. The molecule has 0 spiro atoms. The van der Waals surface area contributed by atoms with E-state index in [1.807, 2.05) is 0 Å². The van der Waals surface area contributed by atoms with E-state index in [1.54, 1.807) is 31.2 Å². The number of benzene rings is 2. The number of aryl methyl sites for hydroxylation is 1. The van der Waals surface area contributed by atoms with Crippen LogP contribution < -0.4 is 9.46 Å². The molecule has 2 aromatic rings. The Morgan fingerprint density at radius 2 is 1.95 bits per heavy atom. The zero-order valence-electron chi connectivity index (χ0n) is 12.1. The summed E-state index contributed by atoms with van der Waals surface area (Å²) in [6.45, 7) is 1.60. The van der Waals surface area contributed by atoms with Crippen molar-refractivity contribution in [2.24, 2.45) is 0 Å². The highest BCUT2D eigenvalue weighted by Gasteiger charge is 2.21. The van der Waals surface area contributed by atoms with Gasteiger partial charge in [0.25, 0.3) is 10.0 Å². The zero-order chi connectivity index (χ0) is 16.3. The van der Waals surface area contributed by atoms with Gasteiger partial charge in [0.05, 0.1) is 19.4 Å². The molecule has 118 valence electrons. The zero-order valence-corrected chi connectivity index (χ0v) is 13.7. The minimum Gasteiger partial charge on any atom is -0.495 e. The van der Waals surface area contributed by atoms with Crippen molar-refractivity contribution < 1.29 is 18.3 Å². The molecule has 0 amide bonds. The Morgan fingerprint density at radius 1 is 1.23 bits per heavy atom. The van der Waals surface area contributed by atoms with Gasteiger partial charge < -0.3 is 9.84 Å². The fourth-order valence-corrected chi connectivity index (χ4v) is 3.49. The van der Waals surface area contributed by atoms with E-state index in [-0.39, 0.29) is 17.3 Å². The summed E-state index contributed by atoms with van der Waals surface area (Å²) in [6, 6.07) is 9.43. The second kappa shape index (κ2) is 6.56. The first-order valence-corrected chi connectivity index (χ1v) is 8.30. The summed E-state index contributed by atoms with van der Waals surface area (Å²) >= 11 is 5.88. The van der Waals surface area contributed by atoms with Crippen LogP contribution in [0.3, 0.4) is 0 Å². The minimum atomic E-state index is -3.87. The van der Waals surface area contributed by atoms with E-state index in [4.69, 9.17) is 16.3 Å². The quantitative estimate of drug-likeness (QED) is 0.876. The molecule has 0 radical (unpaired) electrons. The topological polar surface area (TPSA) is 75.6 Å². The molecule has 0 aliphatic rings. The van der Waals surface area contributed by atoms with Gasteiger partial charge in [0, 0.05) is 5.02 Å². The van der Waals surface area contributed by atoms with Crippen molar-refractivity contribution in [3.05, 3.63) is 52.5 Å². The van der Waals surface area contributed by atoms with E-state index in [9.17, 15) is 13.5 Å². The molecule has 0 atom stereocenters.